The van der Waals surface area contributed by atoms with Crippen LogP contribution in [0.15, 0.2) is 24.3 Å². The zero-order valence-corrected chi connectivity index (χ0v) is 16.5. The molecule has 1 aromatic carbocycles. The number of aryl methyl sites for hydroxylation is 1. The molecule has 1 atom stereocenters. The number of ketones is 1. The number of Topliss-reactive ketones (excluding diaryl/α,β-unsaturated/α-hetero) is 1. The summed E-state index contributed by atoms with van der Waals surface area (Å²) in [6.45, 7) is 3.38. The van der Waals surface area contributed by atoms with Crippen molar-refractivity contribution in [1.82, 2.24) is 15.2 Å². The Morgan fingerprint density at radius 2 is 1.93 bits per heavy atom. The number of aromatic nitrogens is 1. The van der Waals surface area contributed by atoms with Gasteiger partial charge in [0.2, 0.25) is 11.8 Å². The zero-order chi connectivity index (χ0) is 21.6. The molecule has 4 rings (SSSR count). The number of aromatic amines is 1. The van der Waals surface area contributed by atoms with Crippen LogP contribution >= 0.6 is 0 Å². The summed E-state index contributed by atoms with van der Waals surface area (Å²) >= 11 is 0. The average Bonchev–Trinajstić information content (AvgIpc) is 3.22. The monoisotopic (exact) mass is 408 g/mol. The van der Waals surface area contributed by atoms with Crippen molar-refractivity contribution in [1.29, 1.82) is 0 Å². The summed E-state index contributed by atoms with van der Waals surface area (Å²) in [6.07, 6.45) is 0.480. The molecule has 0 spiro atoms. The number of benzene rings is 1. The van der Waals surface area contributed by atoms with Crippen molar-refractivity contribution in [2.75, 3.05) is 5.32 Å². The number of hydrogen-bond acceptors (Lipinski definition) is 5. The number of anilines is 1. The van der Waals surface area contributed by atoms with Crippen LogP contribution in [0.5, 0.6) is 0 Å². The molecular formula is C21H20N4O5. The molecule has 30 heavy (non-hydrogen) atoms. The van der Waals surface area contributed by atoms with Crippen molar-refractivity contribution in [3.05, 3.63) is 52.3 Å². The molecule has 4 amide bonds. The van der Waals surface area contributed by atoms with Crippen molar-refractivity contribution < 1.29 is 24.0 Å². The fourth-order valence-electron chi connectivity index (χ4n) is 3.90. The molecule has 154 valence electrons. The minimum Gasteiger partial charge on any atom is -0.354 e. The van der Waals surface area contributed by atoms with E-state index in [1.807, 2.05) is 0 Å². The van der Waals surface area contributed by atoms with Crippen molar-refractivity contribution in [2.24, 2.45) is 0 Å². The number of nitrogens with one attached hydrogen (secondary N) is 3. The summed E-state index contributed by atoms with van der Waals surface area (Å²) in [6, 6.07) is 5.74. The van der Waals surface area contributed by atoms with E-state index in [0.717, 1.165) is 0 Å². The van der Waals surface area contributed by atoms with E-state index in [4.69, 9.17) is 0 Å². The Labute approximate surface area is 171 Å². The van der Waals surface area contributed by atoms with Crippen molar-refractivity contribution in [3.63, 3.8) is 0 Å². The maximum atomic E-state index is 12.7. The van der Waals surface area contributed by atoms with Gasteiger partial charge in [0, 0.05) is 35.5 Å². The van der Waals surface area contributed by atoms with Gasteiger partial charge >= 0.3 is 0 Å². The minimum atomic E-state index is -0.687. The second-order valence-corrected chi connectivity index (χ2v) is 7.50. The first kappa shape index (κ1) is 19.6. The Morgan fingerprint density at radius 3 is 2.60 bits per heavy atom. The predicted molar refractivity (Wildman–Crippen MR) is 106 cm³/mol. The maximum Gasteiger partial charge on any atom is 0.272 e. The van der Waals surface area contributed by atoms with Crippen LogP contribution in [0.25, 0.3) is 0 Å². The van der Waals surface area contributed by atoms with Gasteiger partial charge in [0.15, 0.2) is 5.78 Å². The molecule has 1 fully saturated rings. The number of carbonyl (C=O) groups is 5. The number of imide groups is 1. The molecule has 1 aromatic heterocycles. The quantitative estimate of drug-likeness (QED) is 0.522. The van der Waals surface area contributed by atoms with E-state index in [1.165, 1.54) is 17.9 Å². The van der Waals surface area contributed by atoms with Gasteiger partial charge in [0.1, 0.15) is 11.7 Å². The van der Waals surface area contributed by atoms with Gasteiger partial charge in [-0.2, -0.15) is 0 Å². The van der Waals surface area contributed by atoms with Crippen LogP contribution < -0.4 is 10.6 Å². The van der Waals surface area contributed by atoms with Gasteiger partial charge in [-0.3, -0.25) is 29.3 Å². The van der Waals surface area contributed by atoms with Gasteiger partial charge in [-0.05, 0) is 50.1 Å². The van der Waals surface area contributed by atoms with Crippen LogP contribution in [0, 0.1) is 6.92 Å². The SMILES string of the molecule is CC(=O)c1cc(C(=O)Nc2ccc3c(c2)CN(C2CCC(=O)NC2=O)C3=O)[nH]c1C. The first-order chi connectivity index (χ1) is 14.2. The fraction of sp³-hybridized carbons (Fsp3) is 0.286. The lowest BCUT2D eigenvalue weighted by Crippen LogP contribution is -2.52. The number of piperidine rings is 1. The van der Waals surface area contributed by atoms with E-state index in [1.54, 1.807) is 25.1 Å². The molecule has 0 bridgehead atoms. The Bertz CT molecular complexity index is 1120. The van der Waals surface area contributed by atoms with Crippen molar-refractivity contribution >= 4 is 35.1 Å². The highest BCUT2D eigenvalue weighted by Gasteiger charge is 2.39. The largest absolute Gasteiger partial charge is 0.354 e. The molecule has 2 aliphatic rings. The van der Waals surface area contributed by atoms with Crippen LogP contribution in [-0.2, 0) is 16.1 Å². The number of nitrogens with zero attached hydrogens (tertiary/aromatic N) is 1. The molecule has 0 saturated carbocycles. The molecule has 0 aliphatic carbocycles. The normalized spacial score (nSPS) is 18.3. The number of rotatable bonds is 4. The van der Waals surface area contributed by atoms with Gasteiger partial charge in [0.25, 0.3) is 11.8 Å². The van der Waals surface area contributed by atoms with E-state index < -0.39 is 17.9 Å². The van der Waals surface area contributed by atoms with Crippen molar-refractivity contribution in [2.45, 2.75) is 39.3 Å². The van der Waals surface area contributed by atoms with Crippen LogP contribution in [0.1, 0.15) is 62.2 Å². The smallest absolute Gasteiger partial charge is 0.272 e. The molecule has 9 heteroatoms. The van der Waals surface area contributed by atoms with E-state index in [9.17, 15) is 24.0 Å². The third-order valence-electron chi connectivity index (χ3n) is 5.42. The second kappa shape index (κ2) is 7.25. The van der Waals surface area contributed by atoms with Crippen LogP contribution in [-0.4, -0.2) is 45.3 Å². The van der Waals surface area contributed by atoms with E-state index in [-0.39, 0.29) is 36.3 Å². The lowest BCUT2D eigenvalue weighted by atomic mass is 10.0. The number of fused-ring (bicyclic) bond motifs is 1. The average molecular weight is 408 g/mol. The summed E-state index contributed by atoms with van der Waals surface area (Å²) in [4.78, 5) is 64.7. The number of amides is 4. The molecule has 2 aromatic rings. The fourth-order valence-corrected chi connectivity index (χ4v) is 3.90. The zero-order valence-electron chi connectivity index (χ0n) is 16.5. The summed E-state index contributed by atoms with van der Waals surface area (Å²) in [5.74, 6) is -1.62. The topological polar surface area (TPSA) is 128 Å². The van der Waals surface area contributed by atoms with Crippen LogP contribution in [0.3, 0.4) is 0 Å². The highest BCUT2D eigenvalue weighted by Crippen LogP contribution is 2.29. The minimum absolute atomic E-state index is 0.132. The van der Waals surface area contributed by atoms with Gasteiger partial charge in [-0.15, -0.1) is 0 Å². The number of H-pyrrole nitrogens is 1. The Morgan fingerprint density at radius 1 is 1.17 bits per heavy atom. The van der Waals surface area contributed by atoms with Gasteiger partial charge in [-0.1, -0.05) is 0 Å². The summed E-state index contributed by atoms with van der Waals surface area (Å²) < 4.78 is 0. The third-order valence-corrected chi connectivity index (χ3v) is 5.42. The first-order valence-corrected chi connectivity index (χ1v) is 9.54. The third kappa shape index (κ3) is 3.38. The molecule has 2 aliphatic heterocycles. The van der Waals surface area contributed by atoms with Gasteiger partial charge in [0.05, 0.1) is 0 Å². The molecule has 3 heterocycles. The Kier molecular flexibility index (Phi) is 4.73. The van der Waals surface area contributed by atoms with E-state index >= 15 is 0 Å². The summed E-state index contributed by atoms with van der Waals surface area (Å²) in [5.41, 5.74) is 2.99. The Hall–Kier alpha value is -3.75. The summed E-state index contributed by atoms with van der Waals surface area (Å²) in [5, 5.41) is 5.02. The molecule has 0 radical (unpaired) electrons. The van der Waals surface area contributed by atoms with Crippen LogP contribution in [0.4, 0.5) is 5.69 Å². The highest BCUT2D eigenvalue weighted by atomic mass is 16.2. The highest BCUT2D eigenvalue weighted by molar-refractivity contribution is 6.07. The molecule has 1 saturated heterocycles. The number of carbonyl (C=O) groups excluding carboxylic acids is 5. The molecule has 3 N–H and O–H groups in total. The van der Waals surface area contributed by atoms with Crippen molar-refractivity contribution in [3.8, 4) is 0 Å². The lowest BCUT2D eigenvalue weighted by Gasteiger charge is -2.29. The Balaban J connectivity index is 1.51. The maximum absolute atomic E-state index is 12.7. The second-order valence-electron chi connectivity index (χ2n) is 7.50. The van der Waals surface area contributed by atoms with E-state index in [2.05, 4.69) is 15.6 Å². The standard InChI is InChI=1S/C21H20N4O5/c1-10-15(11(2)26)8-16(22-10)19(28)23-13-3-4-14-12(7-13)9-25(21(14)30)17-5-6-18(27)24-20(17)29/h3-4,7-8,17,22H,5-6,9H2,1-2H3,(H,23,28)(H,24,27,29). The van der Waals surface area contributed by atoms with Gasteiger partial charge in [-0.25, -0.2) is 0 Å². The number of hydrogen-bond donors (Lipinski definition) is 3. The predicted octanol–water partition coefficient (Wildman–Crippen LogP) is 1.54. The first-order valence-electron chi connectivity index (χ1n) is 9.54. The molecular weight excluding hydrogens is 388 g/mol. The van der Waals surface area contributed by atoms with Crippen LogP contribution in [0.2, 0.25) is 0 Å². The van der Waals surface area contributed by atoms with E-state index in [0.29, 0.717) is 34.5 Å². The van der Waals surface area contributed by atoms with Gasteiger partial charge < -0.3 is 15.2 Å². The lowest BCUT2D eigenvalue weighted by molar-refractivity contribution is -0.136. The summed E-state index contributed by atoms with van der Waals surface area (Å²) in [7, 11) is 0. The molecule has 9 nitrogen and oxygen atoms in total. The molecule has 1 unspecified atom stereocenters.